The van der Waals surface area contributed by atoms with Gasteiger partial charge in [0.25, 0.3) is 0 Å². The van der Waals surface area contributed by atoms with Gasteiger partial charge in [-0.1, -0.05) is 0 Å². The third kappa shape index (κ3) is 3.21. The summed E-state index contributed by atoms with van der Waals surface area (Å²) in [7, 11) is 4.20. The van der Waals surface area contributed by atoms with Crippen molar-refractivity contribution in [2.24, 2.45) is 0 Å². The molecule has 1 heterocycles. The van der Waals surface area contributed by atoms with Crippen molar-refractivity contribution in [1.29, 1.82) is 0 Å². The van der Waals surface area contributed by atoms with Gasteiger partial charge in [-0.15, -0.1) is 11.8 Å². The number of fused-ring (bicyclic) bond motifs is 1. The standard InChI is InChI=1S/C15H24N2S/c1-15(2,16-3)11-17(4)13-7-8-14-12(10-13)6-5-9-18-14/h7-8,10,16H,5-6,9,11H2,1-4H3. The van der Waals surface area contributed by atoms with E-state index in [1.54, 1.807) is 0 Å². The molecule has 0 unspecified atom stereocenters. The van der Waals surface area contributed by atoms with Crippen molar-refractivity contribution in [1.82, 2.24) is 5.32 Å². The molecule has 0 saturated carbocycles. The van der Waals surface area contributed by atoms with Crippen LogP contribution in [-0.4, -0.2) is 31.9 Å². The monoisotopic (exact) mass is 264 g/mol. The van der Waals surface area contributed by atoms with Crippen LogP contribution in [0.5, 0.6) is 0 Å². The van der Waals surface area contributed by atoms with Crippen LogP contribution in [0.4, 0.5) is 5.69 Å². The molecule has 0 spiro atoms. The lowest BCUT2D eigenvalue weighted by Crippen LogP contribution is -2.46. The average Bonchev–Trinajstić information content (AvgIpc) is 2.37. The van der Waals surface area contributed by atoms with Crippen LogP contribution in [0.25, 0.3) is 0 Å². The molecule has 100 valence electrons. The van der Waals surface area contributed by atoms with E-state index in [-0.39, 0.29) is 5.54 Å². The Morgan fingerprint density at radius 2 is 2.17 bits per heavy atom. The zero-order chi connectivity index (χ0) is 13.2. The number of rotatable bonds is 4. The molecular formula is C15H24N2S. The van der Waals surface area contributed by atoms with E-state index in [4.69, 9.17) is 0 Å². The predicted molar refractivity (Wildman–Crippen MR) is 81.9 cm³/mol. The second-order valence-corrected chi connectivity index (χ2v) is 6.87. The molecule has 0 saturated heterocycles. The Balaban J connectivity index is 2.13. The van der Waals surface area contributed by atoms with Crippen molar-refractivity contribution in [2.45, 2.75) is 37.1 Å². The van der Waals surface area contributed by atoms with Crippen LogP contribution in [0.2, 0.25) is 0 Å². The van der Waals surface area contributed by atoms with E-state index in [1.165, 1.54) is 34.7 Å². The largest absolute Gasteiger partial charge is 0.373 e. The number of nitrogens with zero attached hydrogens (tertiary/aromatic N) is 1. The second kappa shape index (κ2) is 5.54. The molecule has 0 fully saturated rings. The van der Waals surface area contributed by atoms with Gasteiger partial charge in [0.05, 0.1) is 0 Å². The fourth-order valence-electron chi connectivity index (χ4n) is 2.35. The minimum atomic E-state index is 0.138. The van der Waals surface area contributed by atoms with Crippen LogP contribution in [0.3, 0.4) is 0 Å². The Labute approximate surface area is 115 Å². The van der Waals surface area contributed by atoms with Gasteiger partial charge < -0.3 is 10.2 Å². The summed E-state index contributed by atoms with van der Waals surface area (Å²) in [5.41, 5.74) is 3.00. The van der Waals surface area contributed by atoms with E-state index in [2.05, 4.69) is 49.3 Å². The Hall–Kier alpha value is -0.670. The van der Waals surface area contributed by atoms with Crippen LogP contribution in [0.1, 0.15) is 25.8 Å². The van der Waals surface area contributed by atoms with Gasteiger partial charge in [0, 0.05) is 29.7 Å². The lowest BCUT2D eigenvalue weighted by molar-refractivity contribution is 0.428. The molecule has 1 N–H and O–H groups in total. The molecule has 3 heteroatoms. The molecule has 1 aliphatic heterocycles. The summed E-state index contributed by atoms with van der Waals surface area (Å²) >= 11 is 2.00. The van der Waals surface area contributed by atoms with Crippen molar-refractivity contribution in [3.8, 4) is 0 Å². The minimum Gasteiger partial charge on any atom is -0.373 e. The van der Waals surface area contributed by atoms with Gasteiger partial charge in [0.2, 0.25) is 0 Å². The molecule has 2 rings (SSSR count). The van der Waals surface area contributed by atoms with E-state index >= 15 is 0 Å². The molecule has 0 radical (unpaired) electrons. The fraction of sp³-hybridized carbons (Fsp3) is 0.600. The van der Waals surface area contributed by atoms with Gasteiger partial charge in [0.15, 0.2) is 0 Å². The highest BCUT2D eigenvalue weighted by Gasteiger charge is 2.18. The van der Waals surface area contributed by atoms with Crippen LogP contribution >= 0.6 is 11.8 Å². The molecule has 0 amide bonds. The summed E-state index contributed by atoms with van der Waals surface area (Å²) in [6.45, 7) is 5.48. The molecule has 0 atom stereocenters. The summed E-state index contributed by atoms with van der Waals surface area (Å²) in [6.07, 6.45) is 2.55. The van der Waals surface area contributed by atoms with Crippen LogP contribution in [0.15, 0.2) is 23.1 Å². The van der Waals surface area contributed by atoms with E-state index in [1.807, 2.05) is 18.8 Å². The number of hydrogen-bond acceptors (Lipinski definition) is 3. The number of nitrogens with one attached hydrogen (secondary N) is 1. The number of thioether (sulfide) groups is 1. The van der Waals surface area contributed by atoms with Gasteiger partial charge in [-0.2, -0.15) is 0 Å². The lowest BCUT2D eigenvalue weighted by atomic mass is 10.0. The van der Waals surface area contributed by atoms with Crippen LogP contribution in [-0.2, 0) is 6.42 Å². The second-order valence-electron chi connectivity index (χ2n) is 5.73. The highest BCUT2D eigenvalue weighted by molar-refractivity contribution is 7.99. The van der Waals surface area contributed by atoms with Gasteiger partial charge in [-0.3, -0.25) is 0 Å². The maximum atomic E-state index is 3.36. The average molecular weight is 264 g/mol. The molecule has 2 nitrogen and oxygen atoms in total. The third-order valence-corrected chi connectivity index (χ3v) is 4.84. The molecule has 1 aromatic rings. The first kappa shape index (κ1) is 13.8. The number of aryl methyl sites for hydroxylation is 1. The minimum absolute atomic E-state index is 0.138. The van der Waals surface area contributed by atoms with Crippen LogP contribution in [0, 0.1) is 0 Å². The molecular weight excluding hydrogens is 240 g/mol. The van der Waals surface area contributed by atoms with Crippen LogP contribution < -0.4 is 10.2 Å². The number of likely N-dealkylation sites (N-methyl/N-ethyl adjacent to an activating group) is 2. The Kier molecular flexibility index (Phi) is 4.23. The molecule has 18 heavy (non-hydrogen) atoms. The molecule has 0 aromatic heterocycles. The normalized spacial score (nSPS) is 15.3. The van der Waals surface area contributed by atoms with Crippen molar-refractivity contribution in [3.63, 3.8) is 0 Å². The number of hydrogen-bond donors (Lipinski definition) is 1. The maximum Gasteiger partial charge on any atom is 0.0367 e. The number of benzene rings is 1. The topological polar surface area (TPSA) is 15.3 Å². The van der Waals surface area contributed by atoms with Gasteiger partial charge in [0.1, 0.15) is 0 Å². The highest BCUT2D eigenvalue weighted by Crippen LogP contribution is 2.32. The molecule has 1 aliphatic rings. The SMILES string of the molecule is CNC(C)(C)CN(C)c1ccc2c(c1)CCCS2. The van der Waals surface area contributed by atoms with E-state index in [9.17, 15) is 0 Å². The zero-order valence-corrected chi connectivity index (χ0v) is 12.7. The Morgan fingerprint density at radius 3 is 2.89 bits per heavy atom. The first-order valence-electron chi connectivity index (χ1n) is 6.67. The molecule has 0 bridgehead atoms. The lowest BCUT2D eigenvalue weighted by Gasteiger charge is -2.32. The molecule has 1 aromatic carbocycles. The molecule has 0 aliphatic carbocycles. The quantitative estimate of drug-likeness (QED) is 0.899. The summed E-state index contributed by atoms with van der Waals surface area (Å²) < 4.78 is 0. The van der Waals surface area contributed by atoms with E-state index in [0.717, 1.165) is 6.54 Å². The summed E-state index contributed by atoms with van der Waals surface area (Å²) in [5.74, 6) is 1.27. The van der Waals surface area contributed by atoms with Gasteiger partial charge in [-0.05, 0) is 63.3 Å². The van der Waals surface area contributed by atoms with Crippen molar-refractivity contribution < 1.29 is 0 Å². The summed E-state index contributed by atoms with van der Waals surface area (Å²) in [4.78, 5) is 3.82. The Morgan fingerprint density at radius 1 is 1.39 bits per heavy atom. The van der Waals surface area contributed by atoms with Gasteiger partial charge in [-0.25, -0.2) is 0 Å². The predicted octanol–water partition coefficient (Wildman–Crippen LogP) is 3.16. The smallest absolute Gasteiger partial charge is 0.0367 e. The van der Waals surface area contributed by atoms with E-state index in [0.29, 0.717) is 0 Å². The Bertz CT molecular complexity index is 415. The van der Waals surface area contributed by atoms with Crippen molar-refractivity contribution in [3.05, 3.63) is 23.8 Å². The van der Waals surface area contributed by atoms with Gasteiger partial charge >= 0.3 is 0 Å². The summed E-state index contributed by atoms with van der Waals surface area (Å²) in [5, 5.41) is 3.36. The van der Waals surface area contributed by atoms with Crippen molar-refractivity contribution in [2.75, 3.05) is 31.3 Å². The third-order valence-electron chi connectivity index (χ3n) is 3.64. The summed E-state index contributed by atoms with van der Waals surface area (Å²) in [6, 6.07) is 6.91. The zero-order valence-electron chi connectivity index (χ0n) is 11.9. The van der Waals surface area contributed by atoms with E-state index < -0.39 is 0 Å². The fourth-order valence-corrected chi connectivity index (χ4v) is 3.37. The maximum absolute atomic E-state index is 3.36. The van der Waals surface area contributed by atoms with Crippen molar-refractivity contribution >= 4 is 17.4 Å². The highest BCUT2D eigenvalue weighted by atomic mass is 32.2. The first-order chi connectivity index (χ1) is 8.52. The first-order valence-corrected chi connectivity index (χ1v) is 7.66. The number of anilines is 1.